The van der Waals surface area contributed by atoms with Crippen LogP contribution in [0.2, 0.25) is 0 Å². The number of anilines is 1. The average Bonchev–Trinajstić information content (AvgIpc) is 2.86. The molecule has 0 aliphatic rings. The van der Waals surface area contributed by atoms with Gasteiger partial charge in [0.25, 0.3) is 0 Å². The number of aryl methyl sites for hydroxylation is 1. The molecule has 0 amide bonds. The first-order valence-corrected chi connectivity index (χ1v) is 6.04. The fourth-order valence-electron chi connectivity index (χ4n) is 1.96. The van der Waals surface area contributed by atoms with E-state index in [1.807, 2.05) is 13.0 Å². The van der Waals surface area contributed by atoms with Crippen LogP contribution in [0.25, 0.3) is 0 Å². The maximum absolute atomic E-state index is 5.99. The van der Waals surface area contributed by atoms with Gasteiger partial charge in [-0.25, -0.2) is 4.98 Å². The summed E-state index contributed by atoms with van der Waals surface area (Å²) in [6, 6.07) is 1.88. The number of nitrogens with two attached hydrogens (primary N) is 1. The maximum Gasteiger partial charge on any atom is 0.128 e. The fourth-order valence-corrected chi connectivity index (χ4v) is 1.96. The molecule has 0 aliphatic heterocycles. The third-order valence-electron chi connectivity index (χ3n) is 2.86. The molecule has 0 spiro atoms. The largest absolute Gasteiger partial charge is 0.383 e. The van der Waals surface area contributed by atoms with Crippen LogP contribution >= 0.6 is 0 Å². The number of nitrogens with zero attached hydrogens (tertiary/aromatic N) is 3. The lowest BCUT2D eigenvalue weighted by Crippen LogP contribution is -2.25. The first-order valence-electron chi connectivity index (χ1n) is 6.04. The van der Waals surface area contributed by atoms with Gasteiger partial charge in [0, 0.05) is 11.8 Å². The second kappa shape index (κ2) is 5.59. The van der Waals surface area contributed by atoms with Crippen molar-refractivity contribution in [2.75, 3.05) is 12.3 Å². The van der Waals surface area contributed by atoms with Gasteiger partial charge in [-0.2, -0.15) is 15.4 Å². The van der Waals surface area contributed by atoms with Crippen molar-refractivity contribution in [2.24, 2.45) is 0 Å². The van der Waals surface area contributed by atoms with E-state index in [-0.39, 0.29) is 6.04 Å². The lowest BCUT2D eigenvalue weighted by Gasteiger charge is -2.19. The molecule has 18 heavy (non-hydrogen) atoms. The summed E-state index contributed by atoms with van der Waals surface area (Å²) in [5.41, 5.74) is 8.88. The summed E-state index contributed by atoms with van der Waals surface area (Å²) in [4.78, 5) is 4.16. The van der Waals surface area contributed by atoms with Gasteiger partial charge in [0.05, 0.1) is 12.2 Å². The molecule has 0 bridgehead atoms. The molecule has 0 fully saturated rings. The van der Waals surface area contributed by atoms with Crippen molar-refractivity contribution >= 4 is 5.82 Å². The summed E-state index contributed by atoms with van der Waals surface area (Å²) >= 11 is 0. The van der Waals surface area contributed by atoms with E-state index in [0.717, 1.165) is 29.8 Å². The lowest BCUT2D eigenvalue weighted by molar-refractivity contribution is 0.583. The Balaban J connectivity index is 2.40. The lowest BCUT2D eigenvalue weighted by atomic mass is 10.00. The highest BCUT2D eigenvalue weighted by Gasteiger charge is 2.20. The number of aromatic amines is 1. The van der Waals surface area contributed by atoms with E-state index in [1.54, 1.807) is 12.4 Å². The molecular formula is C12H18N6. The predicted molar refractivity (Wildman–Crippen MR) is 69.9 cm³/mol. The molecule has 0 radical (unpaired) electrons. The molecule has 0 aliphatic carbocycles. The van der Waals surface area contributed by atoms with Gasteiger partial charge in [-0.05, 0) is 31.5 Å². The summed E-state index contributed by atoms with van der Waals surface area (Å²) < 4.78 is 0. The monoisotopic (exact) mass is 246 g/mol. The van der Waals surface area contributed by atoms with Crippen LogP contribution in [0.15, 0.2) is 18.5 Å². The van der Waals surface area contributed by atoms with Crippen LogP contribution in [0.4, 0.5) is 5.82 Å². The summed E-state index contributed by atoms with van der Waals surface area (Å²) in [5, 5.41) is 14.1. The predicted octanol–water partition coefficient (Wildman–Crippen LogP) is 1.18. The Bertz CT molecular complexity index is 473. The molecule has 1 unspecified atom stereocenters. The van der Waals surface area contributed by atoms with Crippen molar-refractivity contribution in [1.82, 2.24) is 25.7 Å². The van der Waals surface area contributed by atoms with Crippen LogP contribution in [0.1, 0.15) is 36.2 Å². The van der Waals surface area contributed by atoms with Gasteiger partial charge in [-0.1, -0.05) is 6.92 Å². The van der Waals surface area contributed by atoms with Crippen molar-refractivity contribution in [2.45, 2.75) is 26.3 Å². The Labute approximate surface area is 106 Å². The van der Waals surface area contributed by atoms with Gasteiger partial charge in [0.2, 0.25) is 0 Å². The summed E-state index contributed by atoms with van der Waals surface area (Å²) in [7, 11) is 0. The number of rotatable bonds is 5. The number of hydrogen-bond acceptors (Lipinski definition) is 5. The first-order chi connectivity index (χ1) is 8.74. The van der Waals surface area contributed by atoms with E-state index in [0.29, 0.717) is 5.82 Å². The van der Waals surface area contributed by atoms with Gasteiger partial charge in [-0.15, -0.1) is 0 Å². The molecule has 1 atom stereocenters. The number of nitrogens with one attached hydrogen (secondary N) is 2. The van der Waals surface area contributed by atoms with Crippen LogP contribution in [0.5, 0.6) is 0 Å². The minimum Gasteiger partial charge on any atom is -0.383 e. The normalized spacial score (nSPS) is 12.6. The highest BCUT2D eigenvalue weighted by Crippen LogP contribution is 2.26. The van der Waals surface area contributed by atoms with Gasteiger partial charge in [-0.3, -0.25) is 0 Å². The zero-order valence-electron chi connectivity index (χ0n) is 10.6. The molecule has 2 heterocycles. The van der Waals surface area contributed by atoms with E-state index in [2.05, 4.69) is 32.6 Å². The van der Waals surface area contributed by atoms with Crippen LogP contribution < -0.4 is 11.1 Å². The zero-order valence-corrected chi connectivity index (χ0v) is 10.6. The van der Waals surface area contributed by atoms with Crippen molar-refractivity contribution in [1.29, 1.82) is 0 Å². The Morgan fingerprint density at radius 3 is 2.94 bits per heavy atom. The van der Waals surface area contributed by atoms with E-state index < -0.39 is 0 Å². The van der Waals surface area contributed by atoms with E-state index in [9.17, 15) is 0 Å². The number of pyridine rings is 1. The topological polar surface area (TPSA) is 92.5 Å². The average molecular weight is 246 g/mol. The van der Waals surface area contributed by atoms with Gasteiger partial charge >= 0.3 is 0 Å². The van der Waals surface area contributed by atoms with E-state index in [4.69, 9.17) is 5.73 Å². The molecule has 6 heteroatoms. The second-order valence-electron chi connectivity index (χ2n) is 4.21. The van der Waals surface area contributed by atoms with Crippen LogP contribution in [0.3, 0.4) is 0 Å². The quantitative estimate of drug-likeness (QED) is 0.736. The van der Waals surface area contributed by atoms with Gasteiger partial charge < -0.3 is 11.1 Å². The van der Waals surface area contributed by atoms with Crippen molar-refractivity contribution in [3.63, 3.8) is 0 Å². The number of H-pyrrole nitrogens is 1. The molecule has 2 rings (SSSR count). The molecule has 96 valence electrons. The molecule has 4 N–H and O–H groups in total. The van der Waals surface area contributed by atoms with Gasteiger partial charge in [0.15, 0.2) is 0 Å². The Kier molecular flexibility index (Phi) is 3.88. The molecule has 2 aromatic heterocycles. The Morgan fingerprint density at radius 2 is 2.33 bits per heavy atom. The first kappa shape index (κ1) is 12.5. The van der Waals surface area contributed by atoms with Gasteiger partial charge in [0.1, 0.15) is 11.5 Å². The molecular weight excluding hydrogens is 228 g/mol. The summed E-state index contributed by atoms with van der Waals surface area (Å²) in [6.45, 7) is 5.02. The maximum atomic E-state index is 5.99. The standard InChI is InChI=1S/C12H18N6/c1-3-5-14-11(9-7-16-18-17-9)10-8(2)4-6-15-12(10)13/h4,6-7,11,14H,3,5H2,1-2H3,(H2,13,15)(H,16,17,18). The number of aromatic nitrogens is 4. The third kappa shape index (κ3) is 2.48. The highest BCUT2D eigenvalue weighted by atomic mass is 15.3. The van der Waals surface area contributed by atoms with Crippen molar-refractivity contribution in [3.05, 3.63) is 35.3 Å². The van der Waals surface area contributed by atoms with Crippen LogP contribution in [-0.2, 0) is 0 Å². The fraction of sp³-hybridized carbons (Fsp3) is 0.417. The van der Waals surface area contributed by atoms with Crippen LogP contribution in [0, 0.1) is 6.92 Å². The van der Waals surface area contributed by atoms with Crippen LogP contribution in [-0.4, -0.2) is 26.9 Å². The Hall–Kier alpha value is -1.95. The molecule has 0 saturated carbocycles. The molecule has 2 aromatic rings. The van der Waals surface area contributed by atoms with E-state index >= 15 is 0 Å². The number of hydrogen-bond donors (Lipinski definition) is 3. The minimum atomic E-state index is -0.0719. The Morgan fingerprint density at radius 1 is 1.50 bits per heavy atom. The summed E-state index contributed by atoms with van der Waals surface area (Å²) in [5.74, 6) is 0.534. The summed E-state index contributed by atoms with van der Waals surface area (Å²) in [6.07, 6.45) is 4.46. The third-order valence-corrected chi connectivity index (χ3v) is 2.86. The molecule has 0 aromatic carbocycles. The van der Waals surface area contributed by atoms with Crippen molar-refractivity contribution < 1.29 is 0 Å². The molecule has 6 nitrogen and oxygen atoms in total. The zero-order chi connectivity index (χ0) is 13.0. The second-order valence-corrected chi connectivity index (χ2v) is 4.21. The van der Waals surface area contributed by atoms with E-state index in [1.165, 1.54) is 0 Å². The van der Waals surface area contributed by atoms with Crippen molar-refractivity contribution in [3.8, 4) is 0 Å². The number of nitrogen functional groups attached to an aromatic ring is 1. The minimum absolute atomic E-state index is 0.0719. The molecule has 0 saturated heterocycles. The SMILES string of the molecule is CCCNC(c1cn[nH]n1)c1c(C)ccnc1N. The highest BCUT2D eigenvalue weighted by molar-refractivity contribution is 5.48. The smallest absolute Gasteiger partial charge is 0.128 e.